The minimum Gasteiger partial charge on any atom is -0.489 e. The molecule has 124 valence electrons. The lowest BCUT2D eigenvalue weighted by molar-refractivity contribution is 0.0880. The van der Waals surface area contributed by atoms with Gasteiger partial charge in [0.1, 0.15) is 5.82 Å². The summed E-state index contributed by atoms with van der Waals surface area (Å²) in [6, 6.07) is 3.26. The van der Waals surface area contributed by atoms with Crippen LogP contribution in [-0.2, 0) is 0 Å². The molecule has 3 N–H and O–H groups in total. The third kappa shape index (κ3) is 2.31. The molecule has 0 aliphatic carbocycles. The molecule has 0 bridgehead atoms. The van der Waals surface area contributed by atoms with Gasteiger partial charge in [0.2, 0.25) is 0 Å². The number of amides is 2. The minimum absolute atomic E-state index is 0.0124. The highest BCUT2D eigenvalue weighted by Gasteiger charge is 2.32. The quantitative estimate of drug-likeness (QED) is 0.815. The molecule has 24 heavy (non-hydrogen) atoms. The van der Waals surface area contributed by atoms with Crippen molar-refractivity contribution in [2.75, 3.05) is 12.3 Å². The normalized spacial score (nSPS) is 13.0. The number of hydrogen-bond donors (Lipinski definition) is 2. The van der Waals surface area contributed by atoms with E-state index >= 15 is 0 Å². The lowest BCUT2D eigenvalue weighted by Crippen LogP contribution is -2.24. The summed E-state index contributed by atoms with van der Waals surface area (Å²) in [5.41, 5.74) is 4.94. The Bertz CT molecular complexity index is 931. The van der Waals surface area contributed by atoms with Crippen molar-refractivity contribution in [2.24, 2.45) is 0 Å². The number of rotatable bonds is 3. The summed E-state index contributed by atoms with van der Waals surface area (Å²) < 4.78 is 20.2. The van der Waals surface area contributed by atoms with Crippen LogP contribution in [0.5, 0.6) is 5.75 Å². The molecule has 1 aliphatic rings. The summed E-state index contributed by atoms with van der Waals surface area (Å²) in [6.45, 7) is 1.88. The van der Waals surface area contributed by atoms with Gasteiger partial charge < -0.3 is 10.5 Å². The topological polar surface area (TPSA) is 103 Å². The molecule has 0 spiro atoms. The zero-order chi connectivity index (χ0) is 17.6. The smallest absolute Gasteiger partial charge is 0.262 e. The third-order valence-electron chi connectivity index (χ3n) is 3.48. The number of pyridine rings is 1. The maximum absolute atomic E-state index is 14.2. The molecule has 2 heterocycles. The summed E-state index contributed by atoms with van der Waals surface area (Å²) in [6.07, 6.45) is 0. The molecular formula is C15H11ClFN3O4. The molecule has 0 unspecified atom stereocenters. The molecule has 9 heteroatoms. The van der Waals surface area contributed by atoms with Crippen molar-refractivity contribution in [1.82, 2.24) is 9.88 Å². The monoisotopic (exact) mass is 351 g/mol. The van der Waals surface area contributed by atoms with Gasteiger partial charge in [-0.05, 0) is 13.0 Å². The van der Waals surface area contributed by atoms with Crippen molar-refractivity contribution in [3.63, 3.8) is 0 Å². The second-order valence-electron chi connectivity index (χ2n) is 4.95. The van der Waals surface area contributed by atoms with E-state index in [1.807, 2.05) is 5.32 Å². The standard InChI is InChI=1S/C15H11ClFN3O4/c1-2-24-12-8(16)3-6(4-9(12)17)20-10(21)5-7-11(13(20)18)15(23)19-14(7)22/h3-5H,2,18H2,1H3,(H,19,22,23). The first-order valence-electron chi connectivity index (χ1n) is 6.88. The van der Waals surface area contributed by atoms with E-state index in [4.69, 9.17) is 22.1 Å². The predicted molar refractivity (Wildman–Crippen MR) is 84.4 cm³/mol. The number of nitrogen functional groups attached to an aromatic ring is 1. The van der Waals surface area contributed by atoms with Crippen molar-refractivity contribution >= 4 is 29.2 Å². The average molecular weight is 352 g/mol. The Kier molecular flexibility index (Phi) is 3.76. The van der Waals surface area contributed by atoms with Crippen LogP contribution in [0.4, 0.5) is 10.2 Å². The summed E-state index contributed by atoms with van der Waals surface area (Å²) in [4.78, 5) is 35.7. The van der Waals surface area contributed by atoms with Crippen LogP contribution < -0.4 is 21.3 Å². The second kappa shape index (κ2) is 5.64. The van der Waals surface area contributed by atoms with Crippen LogP contribution >= 0.6 is 11.6 Å². The molecule has 1 aromatic carbocycles. The Morgan fingerprint density at radius 1 is 1.25 bits per heavy atom. The Balaban J connectivity index is 2.25. The van der Waals surface area contributed by atoms with E-state index in [9.17, 15) is 18.8 Å². The van der Waals surface area contributed by atoms with Gasteiger partial charge in [0, 0.05) is 12.1 Å². The van der Waals surface area contributed by atoms with E-state index in [0.29, 0.717) is 0 Å². The molecule has 2 amide bonds. The highest BCUT2D eigenvalue weighted by atomic mass is 35.5. The first kappa shape index (κ1) is 16.0. The maximum Gasteiger partial charge on any atom is 0.262 e. The van der Waals surface area contributed by atoms with Crippen LogP contribution in [0.1, 0.15) is 27.6 Å². The molecule has 3 rings (SSSR count). The summed E-state index contributed by atoms with van der Waals surface area (Å²) >= 11 is 5.98. The van der Waals surface area contributed by atoms with Crippen molar-refractivity contribution in [3.05, 3.63) is 50.5 Å². The average Bonchev–Trinajstić information content (AvgIpc) is 2.77. The molecular weight excluding hydrogens is 341 g/mol. The van der Waals surface area contributed by atoms with Gasteiger partial charge in [-0.3, -0.25) is 24.3 Å². The van der Waals surface area contributed by atoms with Gasteiger partial charge in [0.25, 0.3) is 17.4 Å². The van der Waals surface area contributed by atoms with Crippen LogP contribution in [0.25, 0.3) is 5.69 Å². The SMILES string of the molecule is CCOc1c(F)cc(-n2c(N)c3c(cc2=O)C(=O)NC3=O)cc1Cl. The van der Waals surface area contributed by atoms with E-state index in [-0.39, 0.29) is 40.0 Å². The number of halogens is 2. The number of hydrogen-bond acceptors (Lipinski definition) is 5. The minimum atomic E-state index is -0.785. The van der Waals surface area contributed by atoms with Crippen molar-refractivity contribution in [2.45, 2.75) is 6.92 Å². The second-order valence-corrected chi connectivity index (χ2v) is 5.35. The van der Waals surface area contributed by atoms with Crippen molar-refractivity contribution < 1.29 is 18.7 Å². The van der Waals surface area contributed by atoms with Gasteiger partial charge in [-0.2, -0.15) is 0 Å². The molecule has 0 radical (unpaired) electrons. The van der Waals surface area contributed by atoms with E-state index in [0.717, 1.165) is 16.7 Å². The number of nitrogens with two attached hydrogens (primary N) is 1. The molecule has 0 saturated heterocycles. The molecule has 0 atom stereocenters. The van der Waals surface area contributed by atoms with Gasteiger partial charge in [0.15, 0.2) is 11.6 Å². The Morgan fingerprint density at radius 2 is 1.96 bits per heavy atom. The zero-order valence-electron chi connectivity index (χ0n) is 12.4. The third-order valence-corrected chi connectivity index (χ3v) is 3.76. The van der Waals surface area contributed by atoms with Gasteiger partial charge >= 0.3 is 0 Å². The van der Waals surface area contributed by atoms with Gasteiger partial charge in [-0.15, -0.1) is 0 Å². The first-order valence-corrected chi connectivity index (χ1v) is 7.26. The van der Waals surface area contributed by atoms with Crippen LogP contribution in [0, 0.1) is 5.82 Å². The molecule has 2 aromatic rings. The summed E-state index contributed by atoms with van der Waals surface area (Å²) in [7, 11) is 0. The van der Waals surface area contributed by atoms with Crippen LogP contribution in [0.3, 0.4) is 0 Å². The number of ether oxygens (including phenoxy) is 1. The number of fused-ring (bicyclic) bond motifs is 1. The zero-order valence-corrected chi connectivity index (χ0v) is 13.1. The fourth-order valence-electron chi connectivity index (χ4n) is 2.50. The van der Waals surface area contributed by atoms with Gasteiger partial charge in [-0.25, -0.2) is 4.39 Å². The Labute approximate surface area is 139 Å². The highest BCUT2D eigenvalue weighted by molar-refractivity contribution is 6.32. The number of carbonyl (C=O) groups is 2. The van der Waals surface area contributed by atoms with Crippen LogP contribution in [0.15, 0.2) is 23.0 Å². The number of aromatic nitrogens is 1. The van der Waals surface area contributed by atoms with E-state index in [1.165, 1.54) is 6.07 Å². The number of imide groups is 1. The molecule has 0 saturated carbocycles. The van der Waals surface area contributed by atoms with Crippen LogP contribution in [-0.4, -0.2) is 23.0 Å². The lowest BCUT2D eigenvalue weighted by atomic mass is 10.1. The summed E-state index contributed by atoms with van der Waals surface area (Å²) in [5.74, 6) is -2.64. The lowest BCUT2D eigenvalue weighted by Gasteiger charge is -2.14. The van der Waals surface area contributed by atoms with Crippen molar-refractivity contribution in [1.29, 1.82) is 0 Å². The van der Waals surface area contributed by atoms with E-state index < -0.39 is 23.2 Å². The fourth-order valence-corrected chi connectivity index (χ4v) is 2.76. The molecule has 1 aliphatic heterocycles. The predicted octanol–water partition coefficient (Wildman–Crippen LogP) is 1.49. The fraction of sp³-hybridized carbons (Fsp3) is 0.133. The van der Waals surface area contributed by atoms with Crippen molar-refractivity contribution in [3.8, 4) is 11.4 Å². The number of benzene rings is 1. The maximum atomic E-state index is 14.2. The van der Waals surface area contributed by atoms with Crippen LogP contribution in [0.2, 0.25) is 5.02 Å². The number of nitrogens with one attached hydrogen (secondary N) is 1. The molecule has 1 aromatic heterocycles. The number of anilines is 1. The van der Waals surface area contributed by atoms with Gasteiger partial charge in [0.05, 0.1) is 28.4 Å². The van der Waals surface area contributed by atoms with E-state index in [1.54, 1.807) is 6.92 Å². The number of nitrogens with zero attached hydrogens (tertiary/aromatic N) is 1. The molecule has 0 fully saturated rings. The number of carbonyl (C=O) groups excluding carboxylic acids is 2. The first-order chi connectivity index (χ1) is 11.3. The largest absolute Gasteiger partial charge is 0.489 e. The van der Waals surface area contributed by atoms with Gasteiger partial charge in [-0.1, -0.05) is 11.6 Å². The summed E-state index contributed by atoms with van der Waals surface area (Å²) in [5, 5.41) is 1.99. The highest BCUT2D eigenvalue weighted by Crippen LogP contribution is 2.32. The molecule has 7 nitrogen and oxygen atoms in total. The van der Waals surface area contributed by atoms with E-state index in [2.05, 4.69) is 0 Å². The Morgan fingerprint density at radius 3 is 2.58 bits per heavy atom. The Hall–Kier alpha value is -2.87.